The Bertz CT molecular complexity index is 1630. The molecule has 0 aliphatic carbocycles. The third-order valence-corrected chi connectivity index (χ3v) is 6.57. The van der Waals surface area contributed by atoms with Crippen LogP contribution in [0.15, 0.2) is 61.2 Å². The largest absolute Gasteiger partial charge is 0.417 e. The molecule has 42 heavy (non-hydrogen) atoms. The lowest BCUT2D eigenvalue weighted by atomic mass is 10.1. The van der Waals surface area contributed by atoms with Crippen LogP contribution in [0.1, 0.15) is 40.9 Å². The molecule has 11 heteroatoms. The fraction of sp³-hybridized carbons (Fsp3) is 0.258. The van der Waals surface area contributed by atoms with Gasteiger partial charge in [0.25, 0.3) is 5.91 Å². The molecule has 3 heterocycles. The van der Waals surface area contributed by atoms with E-state index in [1.807, 2.05) is 19.1 Å². The number of hydrogen-bond donors (Lipinski definition) is 1. The maximum absolute atomic E-state index is 14.1. The summed E-state index contributed by atoms with van der Waals surface area (Å²) in [5.41, 5.74) is 0.231. The Balaban J connectivity index is 1.68. The number of alkyl halides is 3. The molecule has 1 atom stereocenters. The summed E-state index contributed by atoms with van der Waals surface area (Å²) in [6.45, 7) is 6.93. The van der Waals surface area contributed by atoms with E-state index in [1.54, 1.807) is 36.4 Å². The first-order chi connectivity index (χ1) is 20.0. The minimum atomic E-state index is -4.75. The van der Waals surface area contributed by atoms with E-state index in [1.165, 1.54) is 16.7 Å². The molecule has 0 bridgehead atoms. The van der Waals surface area contributed by atoms with Gasteiger partial charge < -0.3 is 10.2 Å². The van der Waals surface area contributed by atoms with E-state index < -0.39 is 29.3 Å². The van der Waals surface area contributed by atoms with Crippen molar-refractivity contribution in [3.05, 3.63) is 89.3 Å². The number of aromatic nitrogens is 2. The van der Waals surface area contributed by atoms with Gasteiger partial charge in [-0.1, -0.05) is 30.7 Å². The van der Waals surface area contributed by atoms with Gasteiger partial charge in [0.05, 0.1) is 12.1 Å². The van der Waals surface area contributed by atoms with Crippen LogP contribution in [0.3, 0.4) is 0 Å². The van der Waals surface area contributed by atoms with Crippen LogP contribution in [0.2, 0.25) is 0 Å². The minimum Gasteiger partial charge on any atom is -0.343 e. The zero-order chi connectivity index (χ0) is 30.4. The number of aryl methyl sites for hydroxylation is 2. The molecule has 2 amide bonds. The Hall–Kier alpha value is -5.16. The van der Waals surface area contributed by atoms with Crippen molar-refractivity contribution in [2.45, 2.75) is 38.9 Å². The number of halogens is 3. The fourth-order valence-corrected chi connectivity index (χ4v) is 4.71. The van der Waals surface area contributed by atoms with Crippen molar-refractivity contribution in [1.29, 1.82) is 5.26 Å². The van der Waals surface area contributed by atoms with Crippen LogP contribution in [0.5, 0.6) is 0 Å². The number of nitrogens with zero attached hydrogens (tertiary/aromatic N) is 5. The molecule has 1 N–H and O–H groups in total. The van der Waals surface area contributed by atoms with Crippen molar-refractivity contribution in [2.75, 3.05) is 28.2 Å². The summed E-state index contributed by atoms with van der Waals surface area (Å²) in [6, 6.07) is 13.8. The highest BCUT2D eigenvalue weighted by atomic mass is 19.4. The van der Waals surface area contributed by atoms with E-state index >= 15 is 0 Å². The molecule has 4 rings (SSSR count). The number of rotatable bonds is 6. The molecule has 0 radical (unpaired) electrons. The number of pyridine rings is 2. The van der Waals surface area contributed by atoms with Crippen molar-refractivity contribution in [1.82, 2.24) is 9.97 Å². The van der Waals surface area contributed by atoms with Crippen LogP contribution in [0, 0.1) is 37.0 Å². The molecule has 1 unspecified atom stereocenters. The number of benzene rings is 1. The van der Waals surface area contributed by atoms with E-state index in [0.717, 1.165) is 17.7 Å². The highest BCUT2D eigenvalue weighted by Gasteiger charge is 2.40. The number of carbonyl (C=O) groups is 2. The second-order valence-electron chi connectivity index (χ2n) is 9.64. The summed E-state index contributed by atoms with van der Waals surface area (Å²) in [5.74, 6) is 5.19. The van der Waals surface area contributed by atoms with Crippen molar-refractivity contribution in [2.24, 2.45) is 0 Å². The van der Waals surface area contributed by atoms with Crippen LogP contribution >= 0.6 is 0 Å². The fourth-order valence-electron chi connectivity index (χ4n) is 4.71. The Morgan fingerprint density at radius 1 is 1.19 bits per heavy atom. The van der Waals surface area contributed by atoms with Gasteiger partial charge in [0.1, 0.15) is 35.0 Å². The molecule has 1 aliphatic heterocycles. The SMILES string of the molecule is C=CC(=O)Nc1cccc(C#CCN(C(=O)C2CCCN2c2nc(C)cc(C(F)(F)F)c2C#N)c2cccc(C)c2)n1. The van der Waals surface area contributed by atoms with Gasteiger partial charge in [0.2, 0.25) is 5.91 Å². The van der Waals surface area contributed by atoms with Crippen LogP contribution in [0.4, 0.5) is 30.5 Å². The monoisotopic (exact) mass is 572 g/mol. The summed E-state index contributed by atoms with van der Waals surface area (Å²) < 4.78 is 41.4. The quantitative estimate of drug-likeness (QED) is 0.323. The zero-order valence-electron chi connectivity index (χ0n) is 23.0. The lowest BCUT2D eigenvalue weighted by molar-refractivity contribution is -0.137. The molecule has 3 aromatic rings. The normalized spacial score (nSPS) is 14.4. The van der Waals surface area contributed by atoms with Gasteiger partial charge in [-0.15, -0.1) is 0 Å². The molecule has 214 valence electrons. The van der Waals surface area contributed by atoms with Crippen molar-refractivity contribution >= 4 is 29.1 Å². The predicted molar refractivity (Wildman–Crippen MR) is 153 cm³/mol. The van der Waals surface area contributed by atoms with Gasteiger partial charge >= 0.3 is 6.18 Å². The molecular formula is C31H27F3N6O2. The van der Waals surface area contributed by atoms with Gasteiger partial charge in [-0.2, -0.15) is 18.4 Å². The van der Waals surface area contributed by atoms with E-state index in [4.69, 9.17) is 0 Å². The van der Waals surface area contributed by atoms with Gasteiger partial charge in [0, 0.05) is 17.9 Å². The number of nitriles is 1. The number of amides is 2. The van der Waals surface area contributed by atoms with Gasteiger partial charge in [-0.3, -0.25) is 14.5 Å². The van der Waals surface area contributed by atoms with Crippen LogP contribution in [-0.2, 0) is 15.8 Å². The van der Waals surface area contributed by atoms with E-state index in [-0.39, 0.29) is 36.3 Å². The van der Waals surface area contributed by atoms with Gasteiger partial charge in [-0.25, -0.2) is 9.97 Å². The molecule has 2 aromatic heterocycles. The summed E-state index contributed by atoms with van der Waals surface area (Å²) in [6.07, 6.45) is -2.75. The third kappa shape index (κ3) is 6.76. The van der Waals surface area contributed by atoms with Crippen LogP contribution < -0.4 is 15.1 Å². The van der Waals surface area contributed by atoms with Gasteiger partial charge in [-0.05, 0) is 74.6 Å². The first kappa shape index (κ1) is 29.8. The average Bonchev–Trinajstić information content (AvgIpc) is 3.44. The van der Waals surface area contributed by atoms with Crippen molar-refractivity contribution < 1.29 is 22.8 Å². The Morgan fingerprint density at radius 2 is 1.95 bits per heavy atom. The van der Waals surface area contributed by atoms with E-state index in [9.17, 15) is 28.0 Å². The number of nitrogens with one attached hydrogen (secondary N) is 1. The van der Waals surface area contributed by atoms with Crippen LogP contribution in [0.25, 0.3) is 0 Å². The molecule has 0 spiro atoms. The second-order valence-corrected chi connectivity index (χ2v) is 9.64. The Morgan fingerprint density at radius 3 is 2.64 bits per heavy atom. The first-order valence-corrected chi connectivity index (χ1v) is 13.0. The second kappa shape index (κ2) is 12.6. The highest BCUT2D eigenvalue weighted by molar-refractivity contribution is 6.00. The lowest BCUT2D eigenvalue weighted by Gasteiger charge is -2.31. The number of carbonyl (C=O) groups excluding carboxylic acids is 2. The summed E-state index contributed by atoms with van der Waals surface area (Å²) in [5, 5.41) is 12.3. The molecule has 1 aromatic carbocycles. The summed E-state index contributed by atoms with van der Waals surface area (Å²) >= 11 is 0. The predicted octanol–water partition coefficient (Wildman–Crippen LogP) is 5.16. The number of anilines is 3. The molecular weight excluding hydrogens is 545 g/mol. The topological polar surface area (TPSA) is 102 Å². The van der Waals surface area contributed by atoms with Crippen LogP contribution in [-0.4, -0.2) is 40.9 Å². The number of hydrogen-bond acceptors (Lipinski definition) is 6. The van der Waals surface area contributed by atoms with Crippen molar-refractivity contribution in [3.63, 3.8) is 0 Å². The minimum absolute atomic E-state index is 0.0439. The summed E-state index contributed by atoms with van der Waals surface area (Å²) in [4.78, 5) is 37.2. The average molecular weight is 573 g/mol. The molecule has 0 saturated carbocycles. The lowest BCUT2D eigenvalue weighted by Crippen LogP contribution is -2.47. The Labute approximate surface area is 241 Å². The molecule has 1 saturated heterocycles. The third-order valence-electron chi connectivity index (χ3n) is 6.57. The molecule has 1 fully saturated rings. The maximum Gasteiger partial charge on any atom is 0.417 e. The maximum atomic E-state index is 14.1. The van der Waals surface area contributed by atoms with Gasteiger partial charge in [0.15, 0.2) is 0 Å². The molecule has 1 aliphatic rings. The standard InChI is InChI=1S/C31H27F3N6O2/c1-4-28(41)38-27-14-6-10-22(37-27)11-7-15-39(23-12-5-9-20(2)17-23)30(42)26-13-8-16-40(26)29-24(19-35)25(31(32,33)34)18-21(3)36-29/h4-6,9-10,12,14,17-18,26H,1,8,13,15-16H2,2-3H3,(H,37,38,41). The van der Waals surface area contributed by atoms with E-state index in [0.29, 0.717) is 24.2 Å². The van der Waals surface area contributed by atoms with E-state index in [2.05, 4.69) is 33.7 Å². The molecule has 8 nitrogen and oxygen atoms in total. The first-order valence-electron chi connectivity index (χ1n) is 13.0. The van der Waals surface area contributed by atoms with Crippen molar-refractivity contribution in [3.8, 4) is 17.9 Å². The Kier molecular flexibility index (Phi) is 8.92. The zero-order valence-corrected chi connectivity index (χ0v) is 23.0. The smallest absolute Gasteiger partial charge is 0.343 e. The highest BCUT2D eigenvalue weighted by Crippen LogP contribution is 2.38. The summed E-state index contributed by atoms with van der Waals surface area (Å²) in [7, 11) is 0.